The van der Waals surface area contributed by atoms with Crippen LogP contribution in [0.3, 0.4) is 0 Å². The summed E-state index contributed by atoms with van der Waals surface area (Å²) in [7, 11) is 0. The number of halogens is 1. The number of hydrogen-bond acceptors (Lipinski definition) is 2. The van der Waals surface area contributed by atoms with Gasteiger partial charge in [-0.15, -0.1) is 0 Å². The lowest BCUT2D eigenvalue weighted by molar-refractivity contribution is -0.138. The number of aliphatic carboxylic acids is 1. The Balaban J connectivity index is 2.41. The fourth-order valence-corrected chi connectivity index (χ4v) is 1.59. The van der Waals surface area contributed by atoms with Gasteiger partial charge < -0.3 is 15.7 Å². The Morgan fingerprint density at radius 2 is 2.18 bits per heavy atom. The predicted molar refractivity (Wildman–Crippen MR) is 66.6 cm³/mol. The molecule has 2 amide bonds. The molecule has 0 fully saturated rings. The lowest BCUT2D eigenvalue weighted by atomic mass is 10.2. The first kappa shape index (κ1) is 13.5. The zero-order valence-corrected chi connectivity index (χ0v) is 10.8. The van der Waals surface area contributed by atoms with Crippen LogP contribution >= 0.6 is 15.9 Å². The van der Waals surface area contributed by atoms with Gasteiger partial charge in [0.1, 0.15) is 6.04 Å². The van der Waals surface area contributed by atoms with E-state index in [9.17, 15) is 9.59 Å². The van der Waals surface area contributed by atoms with Crippen molar-refractivity contribution in [2.45, 2.75) is 19.5 Å². The molecule has 0 aliphatic rings. The number of hydrogen-bond donors (Lipinski definition) is 3. The van der Waals surface area contributed by atoms with E-state index in [2.05, 4.69) is 26.6 Å². The van der Waals surface area contributed by atoms with Crippen molar-refractivity contribution in [2.75, 3.05) is 0 Å². The third-order valence-corrected chi connectivity index (χ3v) is 2.55. The summed E-state index contributed by atoms with van der Waals surface area (Å²) in [6.45, 7) is 1.75. The highest BCUT2D eigenvalue weighted by molar-refractivity contribution is 9.10. The van der Waals surface area contributed by atoms with Crippen LogP contribution in [0.2, 0.25) is 0 Å². The maximum absolute atomic E-state index is 11.3. The summed E-state index contributed by atoms with van der Waals surface area (Å²) in [5, 5.41) is 13.5. The van der Waals surface area contributed by atoms with E-state index >= 15 is 0 Å². The standard InChI is InChI=1S/C11H13BrN2O3/c1-7(10(15)16)14-11(17)13-6-8-3-2-4-9(12)5-8/h2-5,7H,6H2,1H3,(H,15,16)(H2,13,14,17)/t7-/m0/s1. The maximum Gasteiger partial charge on any atom is 0.325 e. The van der Waals surface area contributed by atoms with E-state index in [-0.39, 0.29) is 0 Å². The van der Waals surface area contributed by atoms with Crippen molar-refractivity contribution in [3.05, 3.63) is 34.3 Å². The van der Waals surface area contributed by atoms with E-state index < -0.39 is 18.0 Å². The second kappa shape index (κ2) is 6.24. The number of amides is 2. The Kier molecular flexibility index (Phi) is 4.96. The van der Waals surface area contributed by atoms with Crippen LogP contribution in [0.4, 0.5) is 4.79 Å². The molecule has 1 rings (SSSR count). The highest BCUT2D eigenvalue weighted by atomic mass is 79.9. The third-order valence-electron chi connectivity index (χ3n) is 2.06. The summed E-state index contributed by atoms with van der Waals surface area (Å²) in [5.41, 5.74) is 0.928. The molecular formula is C11H13BrN2O3. The molecule has 1 atom stereocenters. The molecular weight excluding hydrogens is 288 g/mol. The van der Waals surface area contributed by atoms with Gasteiger partial charge in [0.05, 0.1) is 0 Å². The first-order valence-corrected chi connectivity index (χ1v) is 5.80. The maximum atomic E-state index is 11.3. The molecule has 5 nitrogen and oxygen atoms in total. The zero-order chi connectivity index (χ0) is 12.8. The second-order valence-electron chi connectivity index (χ2n) is 3.52. The van der Waals surface area contributed by atoms with Crippen molar-refractivity contribution in [1.82, 2.24) is 10.6 Å². The molecule has 0 spiro atoms. The van der Waals surface area contributed by atoms with Gasteiger partial charge in [0.25, 0.3) is 0 Å². The van der Waals surface area contributed by atoms with Gasteiger partial charge in [0.15, 0.2) is 0 Å². The first-order chi connectivity index (χ1) is 7.99. The third kappa shape index (κ3) is 4.86. The molecule has 0 aliphatic heterocycles. The Morgan fingerprint density at radius 1 is 1.47 bits per heavy atom. The Hall–Kier alpha value is -1.56. The van der Waals surface area contributed by atoms with Crippen LogP contribution in [0.5, 0.6) is 0 Å². The largest absolute Gasteiger partial charge is 0.480 e. The Labute approximate surface area is 107 Å². The first-order valence-electron chi connectivity index (χ1n) is 5.00. The minimum atomic E-state index is -1.07. The highest BCUT2D eigenvalue weighted by Crippen LogP contribution is 2.11. The molecule has 0 aliphatic carbocycles. The van der Waals surface area contributed by atoms with Crippen molar-refractivity contribution >= 4 is 27.9 Å². The molecule has 0 saturated heterocycles. The molecule has 0 saturated carbocycles. The SMILES string of the molecule is C[C@H](NC(=O)NCc1cccc(Br)c1)C(=O)O. The molecule has 0 aromatic heterocycles. The van der Waals surface area contributed by atoms with Gasteiger partial charge in [-0.2, -0.15) is 0 Å². The van der Waals surface area contributed by atoms with Crippen LogP contribution in [0.1, 0.15) is 12.5 Å². The normalized spacial score (nSPS) is 11.6. The molecule has 0 bridgehead atoms. The van der Waals surface area contributed by atoms with Crippen LogP contribution in [-0.4, -0.2) is 23.1 Å². The summed E-state index contributed by atoms with van der Waals surface area (Å²) in [4.78, 5) is 21.8. The molecule has 3 N–H and O–H groups in total. The number of carboxylic acids is 1. The van der Waals surface area contributed by atoms with Crippen molar-refractivity contribution < 1.29 is 14.7 Å². The topological polar surface area (TPSA) is 78.4 Å². The number of urea groups is 1. The van der Waals surface area contributed by atoms with Gasteiger partial charge in [0, 0.05) is 11.0 Å². The molecule has 92 valence electrons. The van der Waals surface area contributed by atoms with Crippen LogP contribution in [0, 0.1) is 0 Å². The summed E-state index contributed by atoms with van der Waals surface area (Å²) < 4.78 is 0.927. The lowest BCUT2D eigenvalue weighted by Crippen LogP contribution is -2.44. The fourth-order valence-electron chi connectivity index (χ4n) is 1.14. The van der Waals surface area contributed by atoms with Crippen LogP contribution in [0.15, 0.2) is 28.7 Å². The summed E-state index contributed by atoms with van der Waals surface area (Å²) in [6, 6.07) is 6.08. The van der Waals surface area contributed by atoms with Crippen LogP contribution in [0.25, 0.3) is 0 Å². The minimum Gasteiger partial charge on any atom is -0.480 e. The van der Waals surface area contributed by atoms with Gasteiger partial charge in [-0.1, -0.05) is 28.1 Å². The van der Waals surface area contributed by atoms with E-state index in [1.807, 2.05) is 24.3 Å². The number of carboxylic acid groups (broad SMARTS) is 1. The molecule has 0 heterocycles. The smallest absolute Gasteiger partial charge is 0.325 e. The van der Waals surface area contributed by atoms with Crippen LogP contribution < -0.4 is 10.6 Å². The molecule has 6 heteroatoms. The Bertz CT molecular complexity index is 423. The number of carbonyl (C=O) groups excluding carboxylic acids is 1. The molecule has 0 radical (unpaired) electrons. The quantitative estimate of drug-likeness (QED) is 0.792. The molecule has 1 aromatic rings. The molecule has 17 heavy (non-hydrogen) atoms. The van der Waals surface area contributed by atoms with Crippen molar-refractivity contribution in [1.29, 1.82) is 0 Å². The average Bonchev–Trinajstić information content (AvgIpc) is 2.26. The van der Waals surface area contributed by atoms with Crippen molar-refractivity contribution in [3.8, 4) is 0 Å². The van der Waals surface area contributed by atoms with Crippen LogP contribution in [-0.2, 0) is 11.3 Å². The summed E-state index contributed by atoms with van der Waals surface area (Å²) >= 11 is 3.32. The van der Waals surface area contributed by atoms with E-state index in [4.69, 9.17) is 5.11 Å². The van der Waals surface area contributed by atoms with Gasteiger partial charge in [-0.05, 0) is 24.6 Å². The average molecular weight is 301 g/mol. The fraction of sp³-hybridized carbons (Fsp3) is 0.273. The van der Waals surface area contributed by atoms with E-state index in [1.165, 1.54) is 6.92 Å². The highest BCUT2D eigenvalue weighted by Gasteiger charge is 2.13. The van der Waals surface area contributed by atoms with Crippen molar-refractivity contribution in [3.63, 3.8) is 0 Å². The predicted octanol–water partition coefficient (Wildman–Crippen LogP) is 1.72. The lowest BCUT2D eigenvalue weighted by Gasteiger charge is -2.10. The number of rotatable bonds is 4. The number of nitrogens with one attached hydrogen (secondary N) is 2. The summed E-state index contributed by atoms with van der Waals surface area (Å²) in [6.07, 6.45) is 0. The van der Waals surface area contributed by atoms with E-state index in [1.54, 1.807) is 0 Å². The van der Waals surface area contributed by atoms with Gasteiger partial charge >= 0.3 is 12.0 Å². The van der Waals surface area contributed by atoms with E-state index in [0.29, 0.717) is 6.54 Å². The van der Waals surface area contributed by atoms with Gasteiger partial charge in [0.2, 0.25) is 0 Å². The number of carbonyl (C=O) groups is 2. The Morgan fingerprint density at radius 3 is 2.76 bits per heavy atom. The van der Waals surface area contributed by atoms with Gasteiger partial charge in [-0.3, -0.25) is 4.79 Å². The monoisotopic (exact) mass is 300 g/mol. The van der Waals surface area contributed by atoms with Crippen molar-refractivity contribution in [2.24, 2.45) is 0 Å². The number of benzene rings is 1. The van der Waals surface area contributed by atoms with E-state index in [0.717, 1.165) is 10.0 Å². The summed E-state index contributed by atoms with van der Waals surface area (Å²) in [5.74, 6) is -1.07. The molecule has 0 unspecified atom stereocenters. The molecule has 1 aromatic carbocycles. The van der Waals surface area contributed by atoms with Gasteiger partial charge in [-0.25, -0.2) is 4.79 Å². The second-order valence-corrected chi connectivity index (χ2v) is 4.43. The zero-order valence-electron chi connectivity index (χ0n) is 9.24. The minimum absolute atomic E-state index is 0.345.